The van der Waals surface area contributed by atoms with E-state index in [-0.39, 0.29) is 21.2 Å². The van der Waals surface area contributed by atoms with Gasteiger partial charge in [0.1, 0.15) is 22.8 Å². The number of ether oxygens (including phenoxy) is 2. The molecule has 6 rings (SSSR count). The van der Waals surface area contributed by atoms with Crippen LogP contribution in [0.25, 0.3) is 21.7 Å². The fraction of sp³-hybridized carbons (Fsp3) is 0.405. The highest BCUT2D eigenvalue weighted by Gasteiger charge is 2.64. The zero-order valence-electron chi connectivity index (χ0n) is 28.5. The van der Waals surface area contributed by atoms with Gasteiger partial charge in [-0.25, -0.2) is 9.78 Å². The Labute approximate surface area is 287 Å². The Bertz CT molecular complexity index is 1950. The molecule has 4 unspecified atom stereocenters. The lowest BCUT2D eigenvalue weighted by Gasteiger charge is -2.43. The zero-order chi connectivity index (χ0) is 35.0. The summed E-state index contributed by atoms with van der Waals surface area (Å²) in [5.41, 5.74) is 5.13. The van der Waals surface area contributed by atoms with Crippen molar-refractivity contribution in [2.24, 2.45) is 0 Å². The Morgan fingerprint density at radius 1 is 1.08 bits per heavy atom. The number of nitrogens with two attached hydrogens (primary N) is 1. The molecule has 1 saturated heterocycles. The summed E-state index contributed by atoms with van der Waals surface area (Å²) in [5.74, 6) is -0.442. The molecule has 49 heavy (non-hydrogen) atoms. The fourth-order valence-corrected chi connectivity index (χ4v) is 7.38. The molecule has 1 aliphatic heterocycles. The van der Waals surface area contributed by atoms with Crippen molar-refractivity contribution in [3.8, 4) is 0 Å². The molecule has 1 aliphatic rings. The third-order valence-electron chi connectivity index (χ3n) is 8.92. The van der Waals surface area contributed by atoms with Gasteiger partial charge >= 0.3 is 5.97 Å². The molecule has 2 radical (unpaired) electrons. The number of aliphatic hydroxyl groups is 1. The molecule has 0 aliphatic carbocycles. The number of aromatic nitrogens is 4. The van der Waals surface area contributed by atoms with Crippen molar-refractivity contribution >= 4 is 43.1 Å². The minimum atomic E-state index is -1.83. The molecular weight excluding hydrogens is 639 g/mol. The molecule has 0 amide bonds. The number of H-pyrrole nitrogens is 1. The van der Waals surface area contributed by atoms with Gasteiger partial charge in [0.15, 0.2) is 12.3 Å². The predicted octanol–water partition coefficient (Wildman–Crippen LogP) is 5.79. The Morgan fingerprint density at radius 3 is 2.35 bits per heavy atom. The second kappa shape index (κ2) is 13.5. The summed E-state index contributed by atoms with van der Waals surface area (Å²) in [4.78, 5) is 26.2. The van der Waals surface area contributed by atoms with Crippen LogP contribution < -0.4 is 11.3 Å². The first kappa shape index (κ1) is 34.5. The van der Waals surface area contributed by atoms with E-state index in [1.807, 2.05) is 60.7 Å². The smallest absolute Gasteiger partial charge is 0.306 e. The van der Waals surface area contributed by atoms with E-state index in [0.717, 1.165) is 24.0 Å². The summed E-state index contributed by atoms with van der Waals surface area (Å²) >= 11 is 0. The molecule has 12 heteroatoms. The Kier molecular flexibility index (Phi) is 9.51. The van der Waals surface area contributed by atoms with Gasteiger partial charge in [-0.05, 0) is 35.6 Å². The normalized spacial score (nSPS) is 21.4. The molecular formula is C37H43N5O6Si. The van der Waals surface area contributed by atoms with Crippen molar-refractivity contribution in [2.45, 2.75) is 95.0 Å². The van der Waals surface area contributed by atoms with E-state index in [1.54, 1.807) is 19.2 Å². The molecule has 2 aromatic heterocycles. The van der Waals surface area contributed by atoms with Crippen LogP contribution in [-0.4, -0.2) is 58.6 Å². The van der Waals surface area contributed by atoms with Crippen LogP contribution >= 0.6 is 0 Å². The lowest BCUT2D eigenvalue weighted by atomic mass is 9.77. The average Bonchev–Trinajstić information content (AvgIpc) is 3.48. The van der Waals surface area contributed by atoms with Gasteiger partial charge in [-0.2, -0.15) is 10.2 Å². The van der Waals surface area contributed by atoms with Crippen LogP contribution in [0.3, 0.4) is 0 Å². The van der Waals surface area contributed by atoms with Crippen molar-refractivity contribution in [2.75, 3.05) is 5.73 Å². The highest BCUT2D eigenvalue weighted by Crippen LogP contribution is 2.51. The number of rotatable bonds is 11. The number of hydrogen-bond donors (Lipinski definition) is 3. The summed E-state index contributed by atoms with van der Waals surface area (Å²) in [6.07, 6.45) is 2.32. The second-order valence-corrected chi connectivity index (χ2v) is 15.8. The number of aromatic amines is 1. The van der Waals surface area contributed by atoms with Gasteiger partial charge in [-0.1, -0.05) is 101 Å². The lowest BCUT2D eigenvalue weighted by Crippen LogP contribution is -2.55. The number of nitrogens with one attached hydrogen (secondary N) is 1. The summed E-state index contributed by atoms with van der Waals surface area (Å²) in [6, 6.07) is 21.0. The summed E-state index contributed by atoms with van der Waals surface area (Å²) < 4.78 is 21.9. The Morgan fingerprint density at radius 2 is 1.73 bits per heavy atom. The summed E-state index contributed by atoms with van der Waals surface area (Å²) in [5, 5.41) is 25.1. The van der Waals surface area contributed by atoms with Crippen molar-refractivity contribution < 1.29 is 23.8 Å². The van der Waals surface area contributed by atoms with Gasteiger partial charge in [0, 0.05) is 29.1 Å². The summed E-state index contributed by atoms with van der Waals surface area (Å²) in [7, 11) is -0.00988. The van der Waals surface area contributed by atoms with E-state index in [4.69, 9.17) is 24.7 Å². The van der Waals surface area contributed by atoms with E-state index in [9.17, 15) is 14.7 Å². The third-order valence-corrected chi connectivity index (χ3v) is 9.96. The van der Waals surface area contributed by atoms with E-state index >= 15 is 0 Å². The van der Waals surface area contributed by atoms with Crippen LogP contribution in [-0.2, 0) is 24.3 Å². The number of nitrogen functional groups attached to an aromatic ring is 1. The summed E-state index contributed by atoms with van der Waals surface area (Å²) in [6.45, 7) is 9.93. The van der Waals surface area contributed by atoms with Crippen molar-refractivity contribution in [1.82, 2.24) is 20.0 Å². The van der Waals surface area contributed by atoms with Gasteiger partial charge in [0.25, 0.3) is 5.56 Å². The van der Waals surface area contributed by atoms with Crippen LogP contribution in [0.2, 0.25) is 5.04 Å². The topological polar surface area (TPSA) is 155 Å². The van der Waals surface area contributed by atoms with Crippen molar-refractivity contribution in [1.29, 1.82) is 0 Å². The maximum absolute atomic E-state index is 13.5. The average molecular weight is 682 g/mol. The third kappa shape index (κ3) is 6.53. The highest BCUT2D eigenvalue weighted by molar-refractivity contribution is 6.32. The lowest BCUT2D eigenvalue weighted by molar-refractivity contribution is -0.169. The second-order valence-electron chi connectivity index (χ2n) is 13.9. The Balaban J connectivity index is 1.57. The SMILES string of the molecule is CCCCCC(=O)OC1C(C(O[Si]C(C)(C)C)(c2ccccc2)c2ccccc2)OC(n2cc3c(N)cc4c(=O)[nH]ncc(n2)c34)C1(C)O. The van der Waals surface area contributed by atoms with E-state index in [0.29, 0.717) is 33.8 Å². The molecule has 4 atom stereocenters. The number of benzene rings is 2. The van der Waals surface area contributed by atoms with Gasteiger partial charge in [0.2, 0.25) is 9.76 Å². The van der Waals surface area contributed by atoms with Crippen molar-refractivity contribution in [3.05, 3.63) is 101 Å². The monoisotopic (exact) mass is 681 g/mol. The van der Waals surface area contributed by atoms with Gasteiger partial charge < -0.3 is 24.7 Å². The maximum Gasteiger partial charge on any atom is 0.306 e. The molecule has 0 bridgehead atoms. The van der Waals surface area contributed by atoms with Crippen LogP contribution in [0.5, 0.6) is 0 Å². The Hall–Kier alpha value is -4.36. The standard InChI is InChI=1S/C37H43N5O6Si/c1-6-7-10-19-29(43)46-31-32(37(48-49-35(2,3)4,23-15-11-8-12-16-23)24-17-13-9-14-18-24)47-34(36(31,5)45)42-22-26-27(38)20-25-30(26)28(41-42)21-39-40-33(25)44/h8-9,11-18,20-22,31-32,34,45H,6-7,10,19,38H2,1-5H3,(H,40,44). The van der Waals surface area contributed by atoms with Crippen LogP contribution in [0, 0.1) is 0 Å². The molecule has 3 heterocycles. The quantitative estimate of drug-likeness (QED) is 0.0892. The number of nitrogens with zero attached hydrogens (tertiary/aromatic N) is 3. The predicted molar refractivity (Wildman–Crippen MR) is 189 cm³/mol. The molecule has 1 fully saturated rings. The molecule has 11 nitrogen and oxygen atoms in total. The van der Waals surface area contributed by atoms with Crippen molar-refractivity contribution in [3.63, 3.8) is 0 Å². The first-order valence-electron chi connectivity index (χ1n) is 16.6. The van der Waals surface area contributed by atoms with Crippen LogP contribution in [0.4, 0.5) is 5.69 Å². The first-order valence-corrected chi connectivity index (χ1v) is 17.6. The molecule has 5 aromatic rings. The fourth-order valence-electron chi connectivity index (χ4n) is 6.56. The minimum Gasteiger partial charge on any atom is -0.456 e. The number of carbonyl (C=O) groups is 1. The minimum absolute atomic E-state index is 0.00988. The molecule has 256 valence electrons. The van der Waals surface area contributed by atoms with Gasteiger partial charge in [0.05, 0.1) is 11.6 Å². The first-order chi connectivity index (χ1) is 23.4. The zero-order valence-corrected chi connectivity index (χ0v) is 29.5. The number of unbranched alkanes of at least 4 members (excludes halogenated alkanes) is 2. The number of anilines is 1. The highest BCUT2D eigenvalue weighted by atomic mass is 28.2. The molecule has 0 saturated carbocycles. The number of esters is 1. The molecule has 3 aromatic carbocycles. The van der Waals surface area contributed by atoms with Gasteiger partial charge in [-0.15, -0.1) is 0 Å². The van der Waals surface area contributed by atoms with Crippen LogP contribution in [0.15, 0.2) is 83.9 Å². The molecule has 0 spiro atoms. The van der Waals surface area contributed by atoms with E-state index in [1.165, 1.54) is 10.9 Å². The number of hydrogen-bond acceptors (Lipinski definition) is 9. The van der Waals surface area contributed by atoms with E-state index in [2.05, 4.69) is 37.9 Å². The van der Waals surface area contributed by atoms with E-state index < -0.39 is 41.2 Å². The molecule has 4 N–H and O–H groups in total. The van der Waals surface area contributed by atoms with Crippen LogP contribution in [0.1, 0.15) is 77.7 Å². The number of carbonyl (C=O) groups excluding carboxylic acids is 1. The largest absolute Gasteiger partial charge is 0.456 e. The van der Waals surface area contributed by atoms with Gasteiger partial charge in [-0.3, -0.25) is 9.59 Å². The maximum atomic E-state index is 13.5.